The van der Waals surface area contributed by atoms with Gasteiger partial charge in [-0.2, -0.15) is 0 Å². The molecule has 0 saturated carbocycles. The number of aliphatic imine (C=N–C) groups is 1. The third-order valence-electron chi connectivity index (χ3n) is 2.01. The molecule has 1 heterocycles. The molecule has 2 atom stereocenters. The second-order valence-corrected chi connectivity index (χ2v) is 6.17. The molecule has 0 aromatic carbocycles. The van der Waals surface area contributed by atoms with Crippen molar-refractivity contribution in [2.24, 2.45) is 4.99 Å². The first-order valence-electron chi connectivity index (χ1n) is 4.06. The maximum absolute atomic E-state index is 9.83. The molecule has 2 nitrogen and oxygen atoms in total. The molecule has 0 bridgehead atoms. The average molecular weight is 218 g/mol. The Hall–Kier alpha value is -0.101. The van der Waals surface area contributed by atoms with Crippen LogP contribution in [0.25, 0.3) is 0 Å². The van der Waals surface area contributed by atoms with Gasteiger partial charge in [0, 0.05) is 0 Å². The summed E-state index contributed by atoms with van der Waals surface area (Å²) in [5, 5.41) is 0. The van der Waals surface area contributed by atoms with Crippen LogP contribution in [-0.2, 0) is 4.79 Å². The minimum atomic E-state index is 0.730. The molecule has 0 aliphatic carbocycles. The van der Waals surface area contributed by atoms with E-state index in [4.69, 9.17) is 0 Å². The molecule has 0 N–H and O–H groups in total. The summed E-state index contributed by atoms with van der Waals surface area (Å²) in [6.45, 7) is 2.98. The first kappa shape index (κ1) is 8.99. The summed E-state index contributed by atoms with van der Waals surface area (Å²) in [7, 11) is 0. The summed E-state index contributed by atoms with van der Waals surface area (Å²) in [4.78, 5) is 15.1. The van der Waals surface area contributed by atoms with E-state index in [1.54, 1.807) is 6.08 Å². The molecular weight excluding hydrogens is 205 g/mol. The van der Waals surface area contributed by atoms with Crippen molar-refractivity contribution >= 4 is 21.0 Å². The van der Waals surface area contributed by atoms with Gasteiger partial charge in [-0.05, 0) is 0 Å². The van der Waals surface area contributed by atoms with Crippen molar-refractivity contribution in [2.75, 3.05) is 6.54 Å². The van der Waals surface area contributed by atoms with Gasteiger partial charge in [0.1, 0.15) is 0 Å². The normalized spacial score (nSPS) is 29.9. The predicted octanol–water partition coefficient (Wildman–Crippen LogP) is 1.81. The summed E-state index contributed by atoms with van der Waals surface area (Å²) in [6.07, 6.45) is 5.56. The Labute approximate surface area is 73.6 Å². The Morgan fingerprint density at radius 1 is 1.55 bits per heavy atom. The zero-order valence-corrected chi connectivity index (χ0v) is 8.46. The maximum atomic E-state index is 9.83. The fraction of sp³-hybridized carbons (Fsp3) is 0.875. The Morgan fingerprint density at radius 2 is 2.27 bits per heavy atom. The molecule has 1 aliphatic rings. The predicted molar refractivity (Wildman–Crippen MR) is 45.8 cm³/mol. The van der Waals surface area contributed by atoms with Gasteiger partial charge in [-0.3, -0.25) is 0 Å². The summed E-state index contributed by atoms with van der Waals surface area (Å²) in [5.74, 6) is 0. The number of rotatable bonds is 3. The van der Waals surface area contributed by atoms with Gasteiger partial charge >= 0.3 is 73.2 Å². The SMILES string of the molecule is CCC1CCC(CN=C=O)[Se]1. The number of isocyanates is 1. The van der Waals surface area contributed by atoms with Crippen LogP contribution in [0.4, 0.5) is 0 Å². The molecule has 0 amide bonds. The van der Waals surface area contributed by atoms with Gasteiger partial charge in [-0.25, -0.2) is 0 Å². The molecule has 1 rings (SSSR count). The molecule has 0 aromatic rings. The second kappa shape index (κ2) is 4.71. The molecule has 3 heteroatoms. The Balaban J connectivity index is 2.24. The van der Waals surface area contributed by atoms with Crippen molar-refractivity contribution < 1.29 is 4.79 Å². The van der Waals surface area contributed by atoms with Crippen molar-refractivity contribution in [2.45, 2.75) is 35.8 Å². The van der Waals surface area contributed by atoms with Crippen LogP contribution < -0.4 is 0 Å². The molecular formula is C8H13NOSe. The molecule has 62 valence electrons. The van der Waals surface area contributed by atoms with E-state index in [9.17, 15) is 4.79 Å². The topological polar surface area (TPSA) is 29.4 Å². The van der Waals surface area contributed by atoms with Gasteiger partial charge in [0.05, 0.1) is 0 Å². The van der Waals surface area contributed by atoms with Crippen molar-refractivity contribution in [1.29, 1.82) is 0 Å². The zero-order valence-electron chi connectivity index (χ0n) is 6.75. The van der Waals surface area contributed by atoms with Crippen LogP contribution in [-0.4, -0.2) is 27.6 Å². The summed E-state index contributed by atoms with van der Waals surface area (Å²) in [5.41, 5.74) is 0. The van der Waals surface area contributed by atoms with E-state index in [-0.39, 0.29) is 0 Å². The molecule has 2 unspecified atom stereocenters. The fourth-order valence-corrected chi connectivity index (χ4v) is 4.38. The minimum absolute atomic E-state index is 0.730. The first-order chi connectivity index (χ1) is 5.36. The first-order valence-corrected chi connectivity index (χ1v) is 6.03. The van der Waals surface area contributed by atoms with Crippen molar-refractivity contribution in [3.63, 3.8) is 0 Å². The van der Waals surface area contributed by atoms with Gasteiger partial charge in [0.2, 0.25) is 0 Å². The van der Waals surface area contributed by atoms with Gasteiger partial charge in [0.15, 0.2) is 0 Å². The van der Waals surface area contributed by atoms with E-state index in [2.05, 4.69) is 11.9 Å². The van der Waals surface area contributed by atoms with Crippen molar-refractivity contribution in [3.8, 4) is 0 Å². The monoisotopic (exact) mass is 219 g/mol. The van der Waals surface area contributed by atoms with E-state index in [0.29, 0.717) is 0 Å². The quantitative estimate of drug-likeness (QED) is 0.403. The van der Waals surface area contributed by atoms with Crippen LogP contribution in [0.5, 0.6) is 0 Å². The van der Waals surface area contributed by atoms with Crippen LogP contribution in [0.1, 0.15) is 26.2 Å². The van der Waals surface area contributed by atoms with Crippen LogP contribution >= 0.6 is 0 Å². The summed E-state index contributed by atoms with van der Waals surface area (Å²) < 4.78 is 0. The number of nitrogens with zero attached hydrogens (tertiary/aromatic N) is 1. The third kappa shape index (κ3) is 2.78. The van der Waals surface area contributed by atoms with E-state index < -0.39 is 0 Å². The number of hydrogen-bond donors (Lipinski definition) is 0. The molecule has 11 heavy (non-hydrogen) atoms. The molecule has 1 aliphatic heterocycles. The van der Waals surface area contributed by atoms with Gasteiger partial charge in [-0.15, -0.1) is 0 Å². The number of carbonyl (C=O) groups excluding carboxylic acids is 1. The molecule has 0 spiro atoms. The standard InChI is InChI=1S/C8H13NOSe/c1-2-7-3-4-8(11-7)5-9-6-10/h7-8H,2-5H2,1H3. The van der Waals surface area contributed by atoms with Gasteiger partial charge in [0.25, 0.3) is 0 Å². The summed E-state index contributed by atoms with van der Waals surface area (Å²) in [6, 6.07) is 0. The van der Waals surface area contributed by atoms with Crippen molar-refractivity contribution in [1.82, 2.24) is 0 Å². The van der Waals surface area contributed by atoms with Crippen LogP contribution in [0.3, 0.4) is 0 Å². The Morgan fingerprint density at radius 3 is 2.82 bits per heavy atom. The van der Waals surface area contributed by atoms with E-state index in [1.807, 2.05) is 0 Å². The zero-order chi connectivity index (χ0) is 8.10. The molecule has 1 fully saturated rings. The van der Waals surface area contributed by atoms with Crippen LogP contribution in [0, 0.1) is 0 Å². The van der Waals surface area contributed by atoms with Gasteiger partial charge < -0.3 is 0 Å². The average Bonchev–Trinajstić information content (AvgIpc) is 2.48. The Kier molecular flexibility index (Phi) is 3.85. The van der Waals surface area contributed by atoms with Crippen LogP contribution in [0.15, 0.2) is 4.99 Å². The third-order valence-corrected chi connectivity index (χ3v) is 5.63. The van der Waals surface area contributed by atoms with Crippen molar-refractivity contribution in [3.05, 3.63) is 0 Å². The molecule has 0 aromatic heterocycles. The van der Waals surface area contributed by atoms with Gasteiger partial charge in [-0.1, -0.05) is 0 Å². The second-order valence-electron chi connectivity index (χ2n) is 2.80. The molecule has 1 saturated heterocycles. The van der Waals surface area contributed by atoms with E-state index >= 15 is 0 Å². The fourth-order valence-electron chi connectivity index (χ4n) is 1.35. The Bertz CT molecular complexity index is 165. The van der Waals surface area contributed by atoms with Crippen LogP contribution in [0.2, 0.25) is 9.63 Å². The number of hydrogen-bond acceptors (Lipinski definition) is 2. The molecule has 0 radical (unpaired) electrons. The summed E-state index contributed by atoms with van der Waals surface area (Å²) >= 11 is 0.731. The van der Waals surface area contributed by atoms with E-state index in [0.717, 1.165) is 31.1 Å². The van der Waals surface area contributed by atoms with E-state index in [1.165, 1.54) is 19.3 Å².